The van der Waals surface area contributed by atoms with Crippen LogP contribution in [0.25, 0.3) is 0 Å². The SMILES string of the molecule is Bc1c(Cl)ccc2c1CCC2. The molecule has 0 unspecified atom stereocenters. The van der Waals surface area contributed by atoms with Crippen molar-refractivity contribution in [3.05, 3.63) is 28.3 Å². The largest absolute Gasteiger partial charge is 0.141 e. The highest BCUT2D eigenvalue weighted by atomic mass is 35.5. The van der Waals surface area contributed by atoms with Gasteiger partial charge in [0.1, 0.15) is 7.85 Å². The predicted molar refractivity (Wildman–Crippen MR) is 51.7 cm³/mol. The molecule has 1 aromatic rings. The second-order valence-corrected chi connectivity index (χ2v) is 3.57. The zero-order valence-electron chi connectivity index (χ0n) is 6.65. The van der Waals surface area contributed by atoms with Crippen LogP contribution < -0.4 is 5.46 Å². The summed E-state index contributed by atoms with van der Waals surface area (Å²) in [7, 11) is 2.12. The number of aryl methyl sites for hydroxylation is 1. The van der Waals surface area contributed by atoms with Gasteiger partial charge in [-0.2, -0.15) is 0 Å². The fourth-order valence-electron chi connectivity index (χ4n) is 1.82. The normalized spacial score (nSPS) is 15.0. The fraction of sp³-hybridized carbons (Fsp3) is 0.333. The lowest BCUT2D eigenvalue weighted by Gasteiger charge is -2.04. The molecule has 1 aromatic carbocycles. The maximum absolute atomic E-state index is 5.99. The van der Waals surface area contributed by atoms with Crippen molar-refractivity contribution >= 4 is 24.9 Å². The minimum Gasteiger partial charge on any atom is -0.0850 e. The molecule has 2 heteroatoms. The summed E-state index contributed by atoms with van der Waals surface area (Å²) in [5, 5.41) is 0.922. The van der Waals surface area contributed by atoms with Gasteiger partial charge in [0.05, 0.1) is 0 Å². The van der Waals surface area contributed by atoms with E-state index in [1.165, 1.54) is 35.9 Å². The first-order chi connectivity index (χ1) is 5.29. The number of benzene rings is 1. The molecule has 0 heterocycles. The van der Waals surface area contributed by atoms with Crippen LogP contribution in [-0.2, 0) is 12.8 Å². The van der Waals surface area contributed by atoms with Crippen LogP contribution in [0.5, 0.6) is 0 Å². The fourth-order valence-corrected chi connectivity index (χ4v) is 2.00. The second kappa shape index (κ2) is 2.56. The summed E-state index contributed by atoms with van der Waals surface area (Å²) in [6, 6.07) is 4.18. The van der Waals surface area contributed by atoms with Crippen molar-refractivity contribution in [1.29, 1.82) is 0 Å². The van der Waals surface area contributed by atoms with Gasteiger partial charge >= 0.3 is 0 Å². The van der Waals surface area contributed by atoms with Gasteiger partial charge in [-0.05, 0) is 36.5 Å². The van der Waals surface area contributed by atoms with E-state index in [1.54, 1.807) is 0 Å². The molecule has 0 bridgehead atoms. The van der Waals surface area contributed by atoms with Crippen LogP contribution in [0.4, 0.5) is 0 Å². The Morgan fingerprint density at radius 2 is 2.09 bits per heavy atom. The van der Waals surface area contributed by atoms with Crippen LogP contribution in [0, 0.1) is 0 Å². The Balaban J connectivity index is 2.62. The third-order valence-corrected chi connectivity index (χ3v) is 2.91. The highest BCUT2D eigenvalue weighted by molar-refractivity contribution is 6.45. The minimum absolute atomic E-state index is 0.922. The molecule has 0 radical (unpaired) electrons. The minimum atomic E-state index is 0.922. The summed E-state index contributed by atoms with van der Waals surface area (Å²) in [5.41, 5.74) is 4.30. The van der Waals surface area contributed by atoms with E-state index in [0.717, 1.165) is 5.02 Å². The Morgan fingerprint density at radius 1 is 1.27 bits per heavy atom. The summed E-state index contributed by atoms with van der Waals surface area (Å²) in [4.78, 5) is 0. The van der Waals surface area contributed by atoms with E-state index in [4.69, 9.17) is 11.6 Å². The Bertz CT molecular complexity index is 294. The van der Waals surface area contributed by atoms with Crippen molar-refractivity contribution in [2.75, 3.05) is 0 Å². The molecule has 0 nitrogen and oxygen atoms in total. The van der Waals surface area contributed by atoms with Crippen molar-refractivity contribution in [3.63, 3.8) is 0 Å². The molecule has 0 spiro atoms. The summed E-state index contributed by atoms with van der Waals surface area (Å²) >= 11 is 5.99. The molecule has 0 saturated carbocycles. The van der Waals surface area contributed by atoms with E-state index >= 15 is 0 Å². The number of hydrogen-bond acceptors (Lipinski definition) is 0. The first-order valence-corrected chi connectivity index (χ1v) is 4.43. The van der Waals surface area contributed by atoms with Gasteiger partial charge in [0.25, 0.3) is 0 Å². The molecule has 0 saturated heterocycles. The van der Waals surface area contributed by atoms with Gasteiger partial charge in [0, 0.05) is 5.02 Å². The van der Waals surface area contributed by atoms with Crippen molar-refractivity contribution in [3.8, 4) is 0 Å². The van der Waals surface area contributed by atoms with Crippen LogP contribution in [0.1, 0.15) is 17.5 Å². The number of rotatable bonds is 0. The van der Waals surface area contributed by atoms with E-state index in [-0.39, 0.29) is 0 Å². The van der Waals surface area contributed by atoms with Gasteiger partial charge in [-0.15, -0.1) is 0 Å². The monoisotopic (exact) mass is 164 g/mol. The molecule has 1 aliphatic carbocycles. The quantitative estimate of drug-likeness (QED) is 0.504. The summed E-state index contributed by atoms with van der Waals surface area (Å²) < 4.78 is 0. The van der Waals surface area contributed by atoms with Crippen molar-refractivity contribution in [2.24, 2.45) is 0 Å². The lowest BCUT2D eigenvalue weighted by Crippen LogP contribution is -2.11. The maximum atomic E-state index is 5.99. The Labute approximate surface area is 73.0 Å². The highest BCUT2D eigenvalue weighted by Crippen LogP contribution is 2.22. The number of fused-ring (bicyclic) bond motifs is 1. The number of hydrogen-bond donors (Lipinski definition) is 0. The van der Waals surface area contributed by atoms with Crippen LogP contribution in [0.15, 0.2) is 12.1 Å². The van der Waals surface area contributed by atoms with E-state index in [2.05, 4.69) is 13.9 Å². The van der Waals surface area contributed by atoms with E-state index < -0.39 is 0 Å². The lowest BCUT2D eigenvalue weighted by atomic mass is 9.88. The van der Waals surface area contributed by atoms with Crippen LogP contribution in [0.2, 0.25) is 5.02 Å². The smallest absolute Gasteiger partial charge is 0.0850 e. The first kappa shape index (κ1) is 7.24. The predicted octanol–water partition coefficient (Wildman–Crippen LogP) is 1.09. The van der Waals surface area contributed by atoms with Gasteiger partial charge in [-0.3, -0.25) is 0 Å². The van der Waals surface area contributed by atoms with Crippen LogP contribution in [0.3, 0.4) is 0 Å². The molecule has 56 valence electrons. The molecule has 0 fully saturated rings. The maximum Gasteiger partial charge on any atom is 0.141 e. The number of halogens is 1. The summed E-state index contributed by atoms with van der Waals surface area (Å²) in [6.45, 7) is 0. The average molecular weight is 164 g/mol. The first-order valence-electron chi connectivity index (χ1n) is 4.06. The van der Waals surface area contributed by atoms with Crippen molar-refractivity contribution in [1.82, 2.24) is 0 Å². The van der Waals surface area contributed by atoms with E-state index in [1.807, 2.05) is 6.07 Å². The molecule has 0 N–H and O–H groups in total. The Hall–Kier alpha value is -0.425. The van der Waals surface area contributed by atoms with Gasteiger partial charge in [-0.1, -0.05) is 23.1 Å². The Morgan fingerprint density at radius 3 is 2.91 bits per heavy atom. The van der Waals surface area contributed by atoms with Gasteiger partial charge in [0.2, 0.25) is 0 Å². The zero-order chi connectivity index (χ0) is 7.84. The van der Waals surface area contributed by atoms with Crippen LogP contribution in [-0.4, -0.2) is 7.85 Å². The molecular formula is C9H10BCl. The highest BCUT2D eigenvalue weighted by Gasteiger charge is 2.13. The molecule has 0 amide bonds. The second-order valence-electron chi connectivity index (χ2n) is 3.16. The zero-order valence-corrected chi connectivity index (χ0v) is 7.41. The molecule has 11 heavy (non-hydrogen) atoms. The molecule has 0 aliphatic heterocycles. The molecule has 1 aliphatic rings. The molecular weight excluding hydrogens is 154 g/mol. The lowest BCUT2D eigenvalue weighted by molar-refractivity contribution is 0.913. The van der Waals surface area contributed by atoms with E-state index in [9.17, 15) is 0 Å². The average Bonchev–Trinajstić information content (AvgIpc) is 2.45. The van der Waals surface area contributed by atoms with Gasteiger partial charge < -0.3 is 0 Å². The summed E-state index contributed by atoms with van der Waals surface area (Å²) in [5.74, 6) is 0. The third-order valence-electron chi connectivity index (χ3n) is 2.50. The standard InChI is InChI=1S/C9H10BCl/c10-9-7-3-1-2-6(7)4-5-8(9)11/h4-5H,1-3,10H2. The Kier molecular flexibility index (Phi) is 1.69. The van der Waals surface area contributed by atoms with Gasteiger partial charge in [0.15, 0.2) is 0 Å². The van der Waals surface area contributed by atoms with E-state index in [0.29, 0.717) is 0 Å². The van der Waals surface area contributed by atoms with Crippen LogP contribution >= 0.6 is 11.6 Å². The third kappa shape index (κ3) is 1.08. The molecule has 2 rings (SSSR count). The van der Waals surface area contributed by atoms with Gasteiger partial charge in [-0.25, -0.2) is 0 Å². The van der Waals surface area contributed by atoms with Crippen molar-refractivity contribution < 1.29 is 0 Å². The van der Waals surface area contributed by atoms with Crippen molar-refractivity contribution in [2.45, 2.75) is 19.3 Å². The topological polar surface area (TPSA) is 0 Å². The molecule has 0 atom stereocenters. The molecule has 0 aromatic heterocycles. The summed E-state index contributed by atoms with van der Waals surface area (Å²) in [6.07, 6.45) is 3.77.